The van der Waals surface area contributed by atoms with Crippen LogP contribution in [-0.4, -0.2) is 43.0 Å². The van der Waals surface area contributed by atoms with E-state index in [-0.39, 0.29) is 11.7 Å². The van der Waals surface area contributed by atoms with Crippen LogP contribution in [0.2, 0.25) is 0 Å². The Morgan fingerprint density at radius 3 is 2.61 bits per heavy atom. The largest absolute Gasteiger partial charge is 0.497 e. The van der Waals surface area contributed by atoms with Crippen molar-refractivity contribution in [2.75, 3.05) is 12.9 Å². The molecule has 166 valence electrons. The molecule has 0 aliphatic rings. The molecule has 0 fully saturated rings. The fourth-order valence-corrected chi connectivity index (χ4v) is 4.23. The summed E-state index contributed by atoms with van der Waals surface area (Å²) in [5.41, 5.74) is 5.69. The molecule has 0 atom stereocenters. The van der Waals surface area contributed by atoms with Crippen molar-refractivity contribution in [3.05, 3.63) is 78.1 Å². The van der Waals surface area contributed by atoms with Crippen LogP contribution >= 0.6 is 11.8 Å². The first kappa shape index (κ1) is 21.0. The number of ether oxygens (including phenoxy) is 1. The SMILES string of the molecule is COc1ccc(CNC(=O)CSc2nnc3c4cc(-c5ccc(C)cc5)nn4ccn23)cc1. The maximum absolute atomic E-state index is 12.3. The second-order valence-electron chi connectivity index (χ2n) is 7.61. The minimum absolute atomic E-state index is 0.0698. The maximum Gasteiger partial charge on any atom is 0.230 e. The van der Waals surface area contributed by atoms with E-state index in [9.17, 15) is 4.79 Å². The van der Waals surface area contributed by atoms with Crippen molar-refractivity contribution >= 4 is 28.8 Å². The third kappa shape index (κ3) is 4.40. The number of hydrogen-bond acceptors (Lipinski definition) is 6. The van der Waals surface area contributed by atoms with Gasteiger partial charge in [0.05, 0.1) is 18.6 Å². The van der Waals surface area contributed by atoms with Gasteiger partial charge in [0.25, 0.3) is 0 Å². The van der Waals surface area contributed by atoms with Gasteiger partial charge in [-0.25, -0.2) is 4.52 Å². The average molecular weight is 459 g/mol. The Bertz CT molecular complexity index is 1420. The van der Waals surface area contributed by atoms with Gasteiger partial charge in [-0.2, -0.15) is 5.10 Å². The summed E-state index contributed by atoms with van der Waals surface area (Å²) >= 11 is 1.35. The summed E-state index contributed by atoms with van der Waals surface area (Å²) in [4.78, 5) is 12.3. The van der Waals surface area contributed by atoms with Crippen LogP contribution in [0.1, 0.15) is 11.1 Å². The second kappa shape index (κ2) is 8.95. The lowest BCUT2D eigenvalue weighted by Crippen LogP contribution is -2.24. The van der Waals surface area contributed by atoms with E-state index in [2.05, 4.69) is 51.8 Å². The molecule has 3 aromatic heterocycles. The summed E-state index contributed by atoms with van der Waals surface area (Å²) in [7, 11) is 1.63. The summed E-state index contributed by atoms with van der Waals surface area (Å²) in [6.45, 7) is 2.52. The number of rotatable bonds is 7. The first-order chi connectivity index (χ1) is 16.1. The van der Waals surface area contributed by atoms with Crippen LogP contribution < -0.4 is 10.1 Å². The molecule has 0 saturated carbocycles. The van der Waals surface area contributed by atoms with E-state index in [1.165, 1.54) is 17.3 Å². The molecule has 9 heteroatoms. The molecule has 3 heterocycles. The molecule has 0 saturated heterocycles. The predicted molar refractivity (Wildman–Crippen MR) is 127 cm³/mol. The summed E-state index contributed by atoms with van der Waals surface area (Å²) in [5, 5.41) is 16.9. The van der Waals surface area contributed by atoms with Crippen molar-refractivity contribution in [3.63, 3.8) is 0 Å². The third-order valence-electron chi connectivity index (χ3n) is 5.31. The first-order valence-electron chi connectivity index (χ1n) is 10.4. The normalized spacial score (nSPS) is 11.2. The Morgan fingerprint density at radius 1 is 1.06 bits per heavy atom. The van der Waals surface area contributed by atoms with E-state index in [1.807, 2.05) is 47.1 Å². The highest BCUT2D eigenvalue weighted by Gasteiger charge is 2.14. The van der Waals surface area contributed by atoms with Gasteiger partial charge in [-0.15, -0.1) is 10.2 Å². The number of benzene rings is 2. The minimum atomic E-state index is -0.0698. The van der Waals surface area contributed by atoms with Crippen molar-refractivity contribution in [2.45, 2.75) is 18.6 Å². The van der Waals surface area contributed by atoms with Crippen LogP contribution in [0.15, 0.2) is 72.1 Å². The zero-order valence-electron chi connectivity index (χ0n) is 18.2. The van der Waals surface area contributed by atoms with E-state index in [4.69, 9.17) is 4.74 Å². The number of thioether (sulfide) groups is 1. The lowest BCUT2D eigenvalue weighted by molar-refractivity contribution is -0.118. The fraction of sp³-hybridized carbons (Fsp3) is 0.167. The number of nitrogens with one attached hydrogen (secondary N) is 1. The van der Waals surface area contributed by atoms with Crippen LogP contribution in [-0.2, 0) is 11.3 Å². The van der Waals surface area contributed by atoms with Gasteiger partial charge >= 0.3 is 0 Å². The standard InChI is InChI=1S/C24H22N6O2S/c1-16-3-7-18(8-4-16)20-13-21-23-26-27-24(29(23)11-12-30(21)28-20)33-15-22(31)25-14-17-5-9-19(32-2)10-6-17/h3-13H,14-15H2,1-2H3,(H,25,31). The third-order valence-corrected chi connectivity index (χ3v) is 6.26. The summed E-state index contributed by atoms with van der Waals surface area (Å²) in [6, 6.07) is 17.9. The van der Waals surface area contributed by atoms with Gasteiger partial charge in [0, 0.05) is 24.5 Å². The minimum Gasteiger partial charge on any atom is -0.497 e. The Hall–Kier alpha value is -3.85. The number of hydrogen-bond donors (Lipinski definition) is 1. The Morgan fingerprint density at radius 2 is 1.85 bits per heavy atom. The highest BCUT2D eigenvalue weighted by molar-refractivity contribution is 7.99. The Kier molecular flexibility index (Phi) is 5.70. The zero-order chi connectivity index (χ0) is 22.8. The molecule has 5 rings (SSSR count). The van der Waals surface area contributed by atoms with Crippen LogP contribution in [0.25, 0.3) is 22.4 Å². The van der Waals surface area contributed by atoms with E-state index in [1.54, 1.807) is 11.6 Å². The molecular formula is C24H22N6O2S. The summed E-state index contributed by atoms with van der Waals surface area (Å²) in [6.07, 6.45) is 3.74. The quantitative estimate of drug-likeness (QED) is 0.374. The van der Waals surface area contributed by atoms with Gasteiger partial charge in [-0.1, -0.05) is 53.7 Å². The Balaban J connectivity index is 1.28. The molecule has 0 aliphatic carbocycles. The van der Waals surface area contributed by atoms with Crippen molar-refractivity contribution in [1.29, 1.82) is 0 Å². The van der Waals surface area contributed by atoms with E-state index < -0.39 is 0 Å². The van der Waals surface area contributed by atoms with Crippen LogP contribution in [0.5, 0.6) is 5.75 Å². The van der Waals surface area contributed by atoms with E-state index in [0.29, 0.717) is 17.3 Å². The maximum atomic E-state index is 12.3. The summed E-state index contributed by atoms with van der Waals surface area (Å²) < 4.78 is 8.84. The Labute approximate surface area is 194 Å². The van der Waals surface area contributed by atoms with E-state index in [0.717, 1.165) is 28.1 Å². The molecule has 2 aromatic carbocycles. The number of amides is 1. The summed E-state index contributed by atoms with van der Waals surface area (Å²) in [5.74, 6) is 0.966. The van der Waals surface area contributed by atoms with Gasteiger partial charge in [0.2, 0.25) is 5.91 Å². The van der Waals surface area contributed by atoms with Crippen LogP contribution in [0, 0.1) is 6.92 Å². The topological polar surface area (TPSA) is 85.8 Å². The number of aromatic nitrogens is 5. The lowest BCUT2D eigenvalue weighted by atomic mass is 10.1. The highest BCUT2D eigenvalue weighted by Crippen LogP contribution is 2.24. The first-order valence-corrected chi connectivity index (χ1v) is 11.4. The molecule has 1 N–H and O–H groups in total. The molecule has 0 radical (unpaired) electrons. The number of aryl methyl sites for hydroxylation is 1. The number of fused-ring (bicyclic) bond motifs is 3. The second-order valence-corrected chi connectivity index (χ2v) is 8.56. The number of carbonyl (C=O) groups is 1. The smallest absolute Gasteiger partial charge is 0.230 e. The lowest BCUT2D eigenvalue weighted by Gasteiger charge is -2.06. The zero-order valence-corrected chi connectivity index (χ0v) is 19.0. The molecule has 0 bridgehead atoms. The van der Waals surface area contributed by atoms with E-state index >= 15 is 0 Å². The molecule has 8 nitrogen and oxygen atoms in total. The van der Waals surface area contributed by atoms with Gasteiger partial charge in [0.15, 0.2) is 10.8 Å². The molecule has 0 aliphatic heterocycles. The monoisotopic (exact) mass is 458 g/mol. The fourth-order valence-electron chi connectivity index (χ4n) is 3.48. The van der Waals surface area contributed by atoms with Crippen molar-refractivity contribution < 1.29 is 9.53 Å². The van der Waals surface area contributed by atoms with Crippen molar-refractivity contribution in [2.24, 2.45) is 0 Å². The van der Waals surface area contributed by atoms with Crippen molar-refractivity contribution in [3.8, 4) is 17.0 Å². The molecule has 0 unspecified atom stereocenters. The van der Waals surface area contributed by atoms with Gasteiger partial charge in [-0.3, -0.25) is 9.20 Å². The molecule has 1 amide bonds. The number of methoxy groups -OCH3 is 1. The van der Waals surface area contributed by atoms with Crippen molar-refractivity contribution in [1.82, 2.24) is 29.5 Å². The van der Waals surface area contributed by atoms with Gasteiger partial charge < -0.3 is 10.1 Å². The highest BCUT2D eigenvalue weighted by atomic mass is 32.2. The number of nitrogens with zero attached hydrogens (tertiary/aromatic N) is 5. The van der Waals surface area contributed by atoms with Gasteiger partial charge in [0.1, 0.15) is 11.3 Å². The average Bonchev–Trinajstić information content (AvgIpc) is 3.46. The molecular weight excluding hydrogens is 436 g/mol. The predicted octanol–water partition coefficient (Wildman–Crippen LogP) is 3.77. The molecule has 33 heavy (non-hydrogen) atoms. The van der Waals surface area contributed by atoms with Gasteiger partial charge in [-0.05, 0) is 30.7 Å². The molecule has 5 aromatic rings. The number of carbonyl (C=O) groups excluding carboxylic acids is 1. The molecule has 0 spiro atoms. The van der Waals surface area contributed by atoms with Crippen LogP contribution in [0.3, 0.4) is 0 Å². The van der Waals surface area contributed by atoms with Crippen LogP contribution in [0.4, 0.5) is 0 Å².